The summed E-state index contributed by atoms with van der Waals surface area (Å²) in [6, 6.07) is 8.90. The first kappa shape index (κ1) is 17.7. The summed E-state index contributed by atoms with van der Waals surface area (Å²) in [5.41, 5.74) is 2.08. The van der Waals surface area contributed by atoms with Crippen molar-refractivity contribution in [3.8, 4) is 0 Å². The van der Waals surface area contributed by atoms with Gasteiger partial charge in [-0.25, -0.2) is 0 Å². The molecule has 24 heavy (non-hydrogen) atoms. The van der Waals surface area contributed by atoms with Crippen molar-refractivity contribution in [1.82, 2.24) is 5.32 Å². The van der Waals surface area contributed by atoms with Crippen LogP contribution in [0.4, 0.5) is 0 Å². The molecule has 130 valence electrons. The van der Waals surface area contributed by atoms with Crippen molar-refractivity contribution < 1.29 is 9.31 Å². The van der Waals surface area contributed by atoms with E-state index >= 15 is 0 Å². The van der Waals surface area contributed by atoms with Gasteiger partial charge in [0.25, 0.3) is 0 Å². The molecule has 3 rings (SSSR count). The minimum Gasteiger partial charge on any atom is -0.400 e. The fraction of sp³-hybridized carbons (Fsp3) is 0.600. The second-order valence-corrected chi connectivity index (χ2v) is 8.12. The second kappa shape index (κ2) is 7.03. The third kappa shape index (κ3) is 4.11. The monoisotopic (exact) mass is 327 g/mol. The molecule has 2 aliphatic heterocycles. The van der Waals surface area contributed by atoms with E-state index in [1.165, 1.54) is 43.5 Å². The highest BCUT2D eigenvalue weighted by Gasteiger charge is 2.49. The van der Waals surface area contributed by atoms with Crippen LogP contribution in [-0.4, -0.2) is 31.4 Å². The highest BCUT2D eigenvalue weighted by Crippen LogP contribution is 2.37. The van der Waals surface area contributed by atoms with Gasteiger partial charge in [0.15, 0.2) is 0 Å². The summed E-state index contributed by atoms with van der Waals surface area (Å²) < 4.78 is 12.0. The van der Waals surface area contributed by atoms with Crippen molar-refractivity contribution in [2.45, 2.75) is 58.2 Å². The van der Waals surface area contributed by atoms with Gasteiger partial charge in [-0.3, -0.25) is 0 Å². The molecule has 1 aromatic carbocycles. The Hall–Kier alpha value is -1.10. The number of piperidine rings is 1. The van der Waals surface area contributed by atoms with Gasteiger partial charge in [0, 0.05) is 0 Å². The van der Waals surface area contributed by atoms with E-state index in [-0.39, 0.29) is 18.3 Å². The van der Waals surface area contributed by atoms with E-state index < -0.39 is 0 Å². The Balaban J connectivity index is 1.56. The second-order valence-electron chi connectivity index (χ2n) is 8.12. The largest absolute Gasteiger partial charge is 0.487 e. The highest BCUT2D eigenvalue weighted by molar-refractivity contribution is 6.52. The molecule has 2 saturated heterocycles. The van der Waals surface area contributed by atoms with Crippen molar-refractivity contribution in [3.05, 3.63) is 41.4 Å². The third-order valence-electron chi connectivity index (χ3n) is 5.68. The Bertz CT molecular complexity index is 558. The normalized spacial score (nSPS) is 23.9. The molecule has 3 nitrogen and oxygen atoms in total. The van der Waals surface area contributed by atoms with Crippen LogP contribution in [0.25, 0.3) is 6.08 Å². The zero-order valence-electron chi connectivity index (χ0n) is 15.5. The molecule has 2 fully saturated rings. The van der Waals surface area contributed by atoms with Crippen LogP contribution in [0.1, 0.15) is 51.7 Å². The maximum Gasteiger partial charge on any atom is 0.487 e. The Kier molecular flexibility index (Phi) is 5.19. The van der Waals surface area contributed by atoms with E-state index in [0.29, 0.717) is 0 Å². The first-order valence-electron chi connectivity index (χ1n) is 9.19. The molecular formula is C20H30BNO2. The molecule has 0 aliphatic carbocycles. The Labute approximate surface area is 147 Å². The van der Waals surface area contributed by atoms with E-state index in [2.05, 4.69) is 63.4 Å². The molecule has 0 amide bonds. The smallest absolute Gasteiger partial charge is 0.400 e. The average Bonchev–Trinajstić information content (AvgIpc) is 2.75. The van der Waals surface area contributed by atoms with Crippen molar-refractivity contribution in [1.29, 1.82) is 0 Å². The van der Waals surface area contributed by atoms with Crippen LogP contribution in [0.15, 0.2) is 30.2 Å². The summed E-state index contributed by atoms with van der Waals surface area (Å²) in [6.07, 6.45) is 5.88. The zero-order chi connectivity index (χ0) is 17.2. The number of benzene rings is 1. The first-order chi connectivity index (χ1) is 11.4. The average molecular weight is 327 g/mol. The molecule has 0 bridgehead atoms. The number of hydrogen-bond donors (Lipinski definition) is 1. The van der Waals surface area contributed by atoms with Crippen LogP contribution in [0.2, 0.25) is 0 Å². The van der Waals surface area contributed by atoms with Gasteiger partial charge in [-0.2, -0.15) is 0 Å². The SMILES string of the molecule is CC1(C)OB(C=Cc2ccc(CC3CCNCC3)cc2)OC1(C)C. The van der Waals surface area contributed by atoms with E-state index in [9.17, 15) is 0 Å². The number of hydrogen-bond acceptors (Lipinski definition) is 3. The van der Waals surface area contributed by atoms with Gasteiger partial charge in [0.1, 0.15) is 0 Å². The lowest BCUT2D eigenvalue weighted by Crippen LogP contribution is -2.41. The van der Waals surface area contributed by atoms with Gasteiger partial charge in [-0.15, -0.1) is 0 Å². The summed E-state index contributed by atoms with van der Waals surface area (Å²) in [7, 11) is -0.274. The molecule has 2 aliphatic rings. The van der Waals surface area contributed by atoms with Gasteiger partial charge < -0.3 is 14.6 Å². The van der Waals surface area contributed by atoms with Crippen LogP contribution in [0.3, 0.4) is 0 Å². The highest BCUT2D eigenvalue weighted by atomic mass is 16.7. The van der Waals surface area contributed by atoms with Gasteiger partial charge in [0.05, 0.1) is 11.2 Å². The third-order valence-corrected chi connectivity index (χ3v) is 5.68. The summed E-state index contributed by atoms with van der Waals surface area (Å²) in [6.45, 7) is 10.7. The predicted octanol–water partition coefficient (Wildman–Crippen LogP) is 3.87. The molecule has 0 aromatic heterocycles. The van der Waals surface area contributed by atoms with Crippen LogP contribution in [0.5, 0.6) is 0 Å². The van der Waals surface area contributed by atoms with Gasteiger partial charge >= 0.3 is 7.12 Å². The fourth-order valence-electron chi connectivity index (χ4n) is 3.34. The Morgan fingerprint density at radius 3 is 2.21 bits per heavy atom. The first-order valence-corrected chi connectivity index (χ1v) is 9.19. The molecule has 0 spiro atoms. The molecule has 2 heterocycles. The van der Waals surface area contributed by atoms with Crippen molar-refractivity contribution >= 4 is 13.2 Å². The van der Waals surface area contributed by atoms with Crippen LogP contribution in [0, 0.1) is 5.92 Å². The molecule has 0 saturated carbocycles. The van der Waals surface area contributed by atoms with E-state index in [4.69, 9.17) is 9.31 Å². The molecule has 0 radical (unpaired) electrons. The standard InChI is InChI=1S/C20H30BNO2/c1-19(2)20(3,4)24-21(23-19)12-9-16-5-7-17(8-6-16)15-18-10-13-22-14-11-18/h5-9,12,18,22H,10-11,13-15H2,1-4H3. The lowest BCUT2D eigenvalue weighted by atomic mass is 9.88. The quantitative estimate of drug-likeness (QED) is 0.852. The minimum absolute atomic E-state index is 0.274. The minimum atomic E-state index is -0.277. The number of nitrogens with one attached hydrogen (secondary N) is 1. The summed E-state index contributed by atoms with van der Waals surface area (Å²) in [5.74, 6) is 2.84. The van der Waals surface area contributed by atoms with Crippen molar-refractivity contribution in [2.75, 3.05) is 13.1 Å². The molecule has 0 unspecified atom stereocenters. The number of rotatable bonds is 4. The predicted molar refractivity (Wildman–Crippen MR) is 101 cm³/mol. The van der Waals surface area contributed by atoms with Crippen LogP contribution >= 0.6 is 0 Å². The van der Waals surface area contributed by atoms with E-state index in [1.807, 2.05) is 5.98 Å². The van der Waals surface area contributed by atoms with Crippen molar-refractivity contribution in [3.63, 3.8) is 0 Å². The zero-order valence-corrected chi connectivity index (χ0v) is 15.5. The molecule has 0 atom stereocenters. The fourth-order valence-corrected chi connectivity index (χ4v) is 3.34. The molecular weight excluding hydrogens is 297 g/mol. The van der Waals surface area contributed by atoms with E-state index in [1.54, 1.807) is 0 Å². The summed E-state index contributed by atoms with van der Waals surface area (Å²) >= 11 is 0. The maximum absolute atomic E-state index is 6.00. The van der Waals surface area contributed by atoms with E-state index in [0.717, 1.165) is 5.92 Å². The van der Waals surface area contributed by atoms with Crippen LogP contribution in [-0.2, 0) is 15.7 Å². The van der Waals surface area contributed by atoms with Gasteiger partial charge in [-0.05, 0) is 77.1 Å². The summed E-state index contributed by atoms with van der Waals surface area (Å²) in [5, 5.41) is 3.43. The lowest BCUT2D eigenvalue weighted by Gasteiger charge is -2.32. The Morgan fingerprint density at radius 1 is 1.04 bits per heavy atom. The summed E-state index contributed by atoms with van der Waals surface area (Å²) in [4.78, 5) is 0. The van der Waals surface area contributed by atoms with Crippen molar-refractivity contribution in [2.24, 2.45) is 5.92 Å². The molecule has 1 aromatic rings. The molecule has 1 N–H and O–H groups in total. The van der Waals surface area contributed by atoms with Gasteiger partial charge in [-0.1, -0.05) is 36.3 Å². The Morgan fingerprint density at radius 2 is 1.62 bits per heavy atom. The van der Waals surface area contributed by atoms with Crippen LogP contribution < -0.4 is 5.32 Å². The van der Waals surface area contributed by atoms with Gasteiger partial charge in [0.2, 0.25) is 0 Å². The molecule has 4 heteroatoms. The lowest BCUT2D eigenvalue weighted by molar-refractivity contribution is 0.00578. The topological polar surface area (TPSA) is 30.5 Å². The maximum atomic E-state index is 6.00.